The molecule has 3 aromatic carbocycles. The van der Waals surface area contributed by atoms with E-state index in [9.17, 15) is 18.4 Å². The van der Waals surface area contributed by atoms with Gasteiger partial charge in [-0.15, -0.1) is 0 Å². The average molecular weight is 1160 g/mol. The Bertz CT molecular complexity index is 3030. The van der Waals surface area contributed by atoms with Crippen molar-refractivity contribution in [2.24, 2.45) is 39.2 Å². The standard InChI is InChI=1S/C26H27F3N4O3.C18H24BrN3O3.C14H20BNO2/c1-24(2)12-17(8-9-34-24)22-13-25(32-23(31)33(3)36-25)20-11-16(5-7-21(20)35-22)18-10-15(14-30)4-6-19(18)26(27,28)29;1-17(2)9-11(6-7-23-17)15-10-18(21-16(20)22(3)25-18)13-8-12(19)4-5-14(13)24-15;1-10-6-7-11(9-16)8-12(10)15-17-13(2,3)14(4,5)18-15/h4-7,10-11,17,22H,8-9,12-13H2,1-3H3,(H2,31,32);4-5,8,11,15H,6-7,9-10H2,1-3H3,(H2,20,21);6-8,10,12H,1-5H3. The van der Waals surface area contributed by atoms with E-state index in [0.717, 1.165) is 60.2 Å². The highest BCUT2D eigenvalue weighted by molar-refractivity contribution is 9.10. The summed E-state index contributed by atoms with van der Waals surface area (Å²) in [5, 5.41) is 21.2. The Morgan fingerprint density at radius 3 is 1.70 bits per heavy atom. The largest absolute Gasteiger partial charge is 0.489 e. The molecule has 8 aliphatic rings. The monoisotopic (exact) mass is 1150 g/mol. The highest BCUT2D eigenvalue weighted by Crippen LogP contribution is 2.53. The molecule has 8 atom stereocenters. The highest BCUT2D eigenvalue weighted by Gasteiger charge is 2.56. The number of halogens is 4. The van der Waals surface area contributed by atoms with E-state index in [1.165, 1.54) is 11.1 Å². The SMILES string of the molecule is CC1C=CC(C#N)=CC1B1OC(C)(C)C(C)(C)O1.CN1OC2(CC(C3CCOC(C)(C)C3)Oc3ccc(-c4cc(C#N)ccc4C(F)(F)F)cc32)N=C1N.CN1OC2(CC(C3CCOC(C)(C)C3)Oc3ccc(Br)cc32)N=C1N. The van der Waals surface area contributed by atoms with Crippen LogP contribution >= 0.6 is 15.9 Å². The first kappa shape index (κ1) is 58.0. The van der Waals surface area contributed by atoms with Crippen LogP contribution in [0.25, 0.3) is 11.1 Å². The molecule has 21 heteroatoms. The zero-order valence-corrected chi connectivity index (χ0v) is 48.3. The smallest absolute Gasteiger partial charge is 0.465 e. The van der Waals surface area contributed by atoms with Gasteiger partial charge < -0.3 is 39.7 Å². The molecule has 11 rings (SSSR count). The maximum absolute atomic E-state index is 13.8. The highest BCUT2D eigenvalue weighted by atomic mass is 79.9. The van der Waals surface area contributed by atoms with Gasteiger partial charge in [-0.3, -0.25) is 0 Å². The lowest BCUT2D eigenvalue weighted by atomic mass is 9.63. The van der Waals surface area contributed by atoms with Gasteiger partial charge in [-0.05, 0) is 153 Å². The molecule has 0 aromatic heterocycles. The van der Waals surface area contributed by atoms with Crippen molar-refractivity contribution < 1.29 is 51.1 Å². The number of nitrogens with two attached hydrogens (primary N) is 2. The second-order valence-corrected chi connectivity index (χ2v) is 24.9. The summed E-state index contributed by atoms with van der Waals surface area (Å²) in [6.45, 7) is 20.0. The van der Waals surface area contributed by atoms with E-state index < -0.39 is 23.2 Å². The Balaban J connectivity index is 0.000000153. The van der Waals surface area contributed by atoms with Crippen molar-refractivity contribution in [2.75, 3.05) is 27.3 Å². The number of hydrogen-bond acceptors (Lipinski definition) is 16. The molecule has 0 radical (unpaired) electrons. The lowest BCUT2D eigenvalue weighted by Gasteiger charge is -2.44. The lowest BCUT2D eigenvalue weighted by molar-refractivity contribution is -0.199. The van der Waals surface area contributed by atoms with Crippen LogP contribution in [0.2, 0.25) is 5.82 Å². The first-order valence-corrected chi connectivity index (χ1v) is 27.6. The number of hydrogen-bond donors (Lipinski definition) is 2. The average Bonchev–Trinajstić information content (AvgIpc) is 3.99. The third-order valence-electron chi connectivity index (χ3n) is 16.6. The van der Waals surface area contributed by atoms with Crippen molar-refractivity contribution in [1.29, 1.82) is 10.5 Å². The van der Waals surface area contributed by atoms with Crippen LogP contribution in [0, 0.1) is 40.4 Å². The van der Waals surface area contributed by atoms with E-state index in [2.05, 4.69) is 47.8 Å². The molecule has 2 spiro atoms. The van der Waals surface area contributed by atoms with Crippen LogP contribution in [0.5, 0.6) is 11.5 Å². The van der Waals surface area contributed by atoms with Gasteiger partial charge in [-0.1, -0.05) is 41.1 Å². The third-order valence-corrected chi connectivity index (χ3v) is 17.1. The second-order valence-electron chi connectivity index (χ2n) is 24.0. The normalized spacial score (nSPS) is 30.6. The Kier molecular flexibility index (Phi) is 15.7. The summed E-state index contributed by atoms with van der Waals surface area (Å²) >= 11 is 3.54. The zero-order chi connectivity index (χ0) is 57.3. The number of nitrogens with zero attached hydrogens (tertiary/aromatic N) is 6. The third kappa shape index (κ3) is 11.9. The fourth-order valence-electron chi connectivity index (χ4n) is 11.7. The van der Waals surface area contributed by atoms with Gasteiger partial charge in [0.05, 0.1) is 56.8 Å². The van der Waals surface area contributed by atoms with Gasteiger partial charge in [0, 0.05) is 67.8 Å². The molecular formula is C58H71BBrF3N8O8. The molecule has 0 amide bonds. The second kappa shape index (κ2) is 21.4. The predicted molar refractivity (Wildman–Crippen MR) is 295 cm³/mol. The van der Waals surface area contributed by atoms with Crippen molar-refractivity contribution in [3.05, 3.63) is 105 Å². The Hall–Kier alpha value is -5.65. The van der Waals surface area contributed by atoms with E-state index in [1.54, 1.807) is 37.4 Å². The summed E-state index contributed by atoms with van der Waals surface area (Å²) in [5.41, 5.74) is 10.6. The minimum Gasteiger partial charge on any atom is -0.489 e. The van der Waals surface area contributed by atoms with Gasteiger partial charge in [0.2, 0.25) is 23.4 Å². The Labute approximate surface area is 470 Å². The molecule has 7 aliphatic heterocycles. The number of allylic oxidation sites excluding steroid dienone is 4. The van der Waals surface area contributed by atoms with Gasteiger partial charge in [0.15, 0.2) is 0 Å². The quantitative estimate of drug-likeness (QED) is 0.233. The first-order valence-electron chi connectivity index (χ1n) is 26.9. The van der Waals surface area contributed by atoms with Crippen molar-refractivity contribution in [3.63, 3.8) is 0 Å². The summed E-state index contributed by atoms with van der Waals surface area (Å²) in [4.78, 5) is 21.6. The number of guanidine groups is 2. The number of ether oxygens (including phenoxy) is 4. The van der Waals surface area contributed by atoms with Gasteiger partial charge in [0.25, 0.3) is 0 Å². The molecule has 0 saturated carbocycles. The van der Waals surface area contributed by atoms with E-state index in [-0.39, 0.29) is 76.1 Å². The Morgan fingerprint density at radius 2 is 1.23 bits per heavy atom. The minimum atomic E-state index is -4.60. The molecule has 422 valence electrons. The molecule has 79 heavy (non-hydrogen) atoms. The fraction of sp³-hybridized carbons (Fsp3) is 0.552. The number of rotatable bonds is 4. The van der Waals surface area contributed by atoms with Crippen molar-refractivity contribution in [3.8, 4) is 34.8 Å². The molecular weight excluding hydrogens is 1080 g/mol. The van der Waals surface area contributed by atoms with Crippen LogP contribution < -0.4 is 20.9 Å². The lowest BCUT2D eigenvalue weighted by Crippen LogP contribution is -2.46. The Morgan fingerprint density at radius 1 is 0.709 bits per heavy atom. The van der Waals surface area contributed by atoms with Crippen LogP contribution in [0.3, 0.4) is 0 Å². The predicted octanol–water partition coefficient (Wildman–Crippen LogP) is 11.2. The van der Waals surface area contributed by atoms with E-state index >= 15 is 0 Å². The number of aliphatic imine (C=N–C) groups is 2. The fourth-order valence-corrected chi connectivity index (χ4v) is 12.1. The molecule has 7 heterocycles. The molecule has 8 unspecified atom stereocenters. The van der Waals surface area contributed by atoms with Crippen molar-refractivity contribution >= 4 is 35.0 Å². The topological polar surface area (TPSA) is 205 Å². The maximum Gasteiger partial charge on any atom is 0.465 e. The summed E-state index contributed by atoms with van der Waals surface area (Å²) in [6, 6.07) is 18.2. The summed E-state index contributed by atoms with van der Waals surface area (Å²) in [6.07, 6.45) is 5.56. The summed E-state index contributed by atoms with van der Waals surface area (Å²) in [5.74, 6) is 2.84. The molecule has 1 aliphatic carbocycles. The van der Waals surface area contributed by atoms with E-state index in [1.807, 2.05) is 84.0 Å². The molecule has 3 fully saturated rings. The van der Waals surface area contributed by atoms with Gasteiger partial charge >= 0.3 is 13.3 Å². The zero-order valence-electron chi connectivity index (χ0n) is 46.7. The van der Waals surface area contributed by atoms with Gasteiger partial charge in [0.1, 0.15) is 23.7 Å². The number of benzene rings is 3. The van der Waals surface area contributed by atoms with Crippen molar-refractivity contribution in [1.82, 2.24) is 10.1 Å². The molecule has 4 N–H and O–H groups in total. The van der Waals surface area contributed by atoms with Crippen LogP contribution in [-0.2, 0) is 46.1 Å². The van der Waals surface area contributed by atoms with Crippen LogP contribution in [0.4, 0.5) is 13.2 Å². The van der Waals surface area contributed by atoms with Gasteiger partial charge in [-0.2, -0.15) is 23.7 Å². The van der Waals surface area contributed by atoms with Crippen molar-refractivity contribution in [2.45, 2.75) is 159 Å². The molecule has 16 nitrogen and oxygen atoms in total. The van der Waals surface area contributed by atoms with Gasteiger partial charge in [-0.25, -0.2) is 29.8 Å². The number of nitriles is 2. The minimum absolute atomic E-state index is 0.0138. The first-order chi connectivity index (χ1) is 37.0. The number of hydroxylamine groups is 4. The summed E-state index contributed by atoms with van der Waals surface area (Å²) < 4.78 is 79.1. The van der Waals surface area contributed by atoms with Crippen LogP contribution in [-0.4, -0.2) is 91.1 Å². The van der Waals surface area contributed by atoms with Crippen LogP contribution in [0.1, 0.15) is 123 Å². The molecule has 0 bridgehead atoms. The number of alkyl halides is 3. The molecule has 3 saturated heterocycles. The molecule has 3 aromatic rings. The van der Waals surface area contributed by atoms with Crippen LogP contribution in [0.15, 0.2) is 92.9 Å². The maximum atomic E-state index is 13.8. The summed E-state index contributed by atoms with van der Waals surface area (Å²) in [7, 11) is 3.14. The van der Waals surface area contributed by atoms with E-state index in [4.69, 9.17) is 59.7 Å². The number of fused-ring (bicyclic) bond motifs is 4. The van der Waals surface area contributed by atoms with E-state index in [0.29, 0.717) is 54.1 Å².